The van der Waals surface area contributed by atoms with Crippen molar-refractivity contribution in [1.29, 1.82) is 5.26 Å². The van der Waals surface area contributed by atoms with E-state index < -0.39 is 12.7 Å². The van der Waals surface area contributed by atoms with Crippen molar-refractivity contribution in [3.63, 3.8) is 0 Å². The average Bonchev–Trinajstić information content (AvgIpc) is 3.34. The second kappa shape index (κ2) is 12.1. The minimum Gasteiger partial charge on any atom is -0.367 e. The number of rotatable bonds is 7. The molecule has 2 saturated heterocycles. The molecule has 1 aromatic carbocycles. The number of piperidine rings is 1. The summed E-state index contributed by atoms with van der Waals surface area (Å²) in [6.07, 6.45) is -0.626. The zero-order valence-electron chi connectivity index (χ0n) is 24.1. The van der Waals surface area contributed by atoms with Crippen LogP contribution in [0.25, 0.3) is 10.9 Å². The van der Waals surface area contributed by atoms with Crippen LogP contribution in [-0.4, -0.2) is 87.9 Å². The number of anilines is 1. The van der Waals surface area contributed by atoms with Gasteiger partial charge in [-0.3, -0.25) is 14.6 Å². The molecule has 1 amide bonds. The number of nitrogens with one attached hydrogen (secondary N) is 2. The Hall–Kier alpha value is -3.73. The quantitative estimate of drug-likeness (QED) is 0.428. The van der Waals surface area contributed by atoms with Crippen LogP contribution in [0, 0.1) is 18.3 Å². The van der Waals surface area contributed by atoms with E-state index in [2.05, 4.69) is 50.6 Å². The van der Waals surface area contributed by atoms with Crippen molar-refractivity contribution < 1.29 is 22.7 Å². The Morgan fingerprint density at radius 2 is 2.00 bits per heavy atom. The Kier molecular flexibility index (Phi) is 8.26. The van der Waals surface area contributed by atoms with Crippen molar-refractivity contribution >= 4 is 22.6 Å². The maximum atomic E-state index is 12.9. The molecule has 228 valence electrons. The number of nitrogens with zero attached hydrogens (tertiary/aromatic N) is 6. The van der Waals surface area contributed by atoms with E-state index in [1.165, 1.54) is 16.8 Å². The van der Waals surface area contributed by atoms with Gasteiger partial charge in [-0.2, -0.15) is 18.4 Å². The summed E-state index contributed by atoms with van der Waals surface area (Å²) >= 11 is 0. The van der Waals surface area contributed by atoms with Gasteiger partial charge in [0.2, 0.25) is 5.91 Å². The van der Waals surface area contributed by atoms with Gasteiger partial charge in [0.1, 0.15) is 30.5 Å². The Balaban J connectivity index is 1.07. The van der Waals surface area contributed by atoms with Crippen LogP contribution in [0.4, 0.5) is 19.0 Å². The van der Waals surface area contributed by atoms with E-state index in [-0.39, 0.29) is 31.2 Å². The predicted octanol–water partition coefficient (Wildman–Crippen LogP) is 3.12. The van der Waals surface area contributed by atoms with E-state index in [0.717, 1.165) is 60.3 Å². The summed E-state index contributed by atoms with van der Waals surface area (Å²) in [5, 5.41) is 17.2. The van der Waals surface area contributed by atoms with Crippen molar-refractivity contribution in [2.45, 2.75) is 64.1 Å². The van der Waals surface area contributed by atoms with E-state index >= 15 is 0 Å². The van der Waals surface area contributed by atoms with Crippen LogP contribution in [0.15, 0.2) is 24.5 Å². The first-order valence-corrected chi connectivity index (χ1v) is 14.7. The zero-order chi connectivity index (χ0) is 30.1. The number of aryl methyl sites for hydroxylation is 1. The number of carbonyl (C=O) groups is 1. The average molecular weight is 597 g/mol. The Bertz CT molecular complexity index is 1530. The SMILES string of the molecule is Cc1c(CN2CCC(Nc3ncnc4c3CCN(CC(F)(F)F)C4)CC2)ccc2c1cc(C#N)n2CC1CNC(=O)CO1. The first-order chi connectivity index (χ1) is 20.7. The molecule has 0 radical (unpaired) electrons. The highest BCUT2D eigenvalue weighted by Crippen LogP contribution is 2.30. The zero-order valence-corrected chi connectivity index (χ0v) is 24.1. The van der Waals surface area contributed by atoms with Crippen LogP contribution >= 0.6 is 0 Å². The van der Waals surface area contributed by atoms with Crippen LogP contribution < -0.4 is 10.6 Å². The third kappa shape index (κ3) is 6.61. The number of amides is 1. The lowest BCUT2D eigenvalue weighted by molar-refractivity contribution is -0.147. The number of ether oxygens (including phenoxy) is 1. The fraction of sp³-hybridized carbons (Fsp3) is 0.533. The summed E-state index contributed by atoms with van der Waals surface area (Å²) < 4.78 is 46.2. The number of aromatic nitrogens is 3. The smallest absolute Gasteiger partial charge is 0.367 e. The van der Waals surface area contributed by atoms with Gasteiger partial charge in [-0.25, -0.2) is 9.97 Å². The van der Waals surface area contributed by atoms with Crippen LogP contribution in [0.2, 0.25) is 0 Å². The van der Waals surface area contributed by atoms with Crippen LogP contribution in [0.5, 0.6) is 0 Å². The number of halogens is 3. The number of hydrogen-bond acceptors (Lipinski definition) is 8. The molecule has 0 aliphatic carbocycles. The summed E-state index contributed by atoms with van der Waals surface area (Å²) in [5.41, 5.74) is 5.52. The molecule has 13 heteroatoms. The molecule has 0 bridgehead atoms. The number of morpholine rings is 1. The Morgan fingerprint density at radius 3 is 2.72 bits per heavy atom. The lowest BCUT2D eigenvalue weighted by Gasteiger charge is -2.34. The molecule has 3 aliphatic rings. The third-order valence-electron chi connectivity index (χ3n) is 8.76. The highest BCUT2D eigenvalue weighted by atomic mass is 19.4. The van der Waals surface area contributed by atoms with E-state index in [1.807, 2.05) is 10.6 Å². The molecule has 43 heavy (non-hydrogen) atoms. The first-order valence-electron chi connectivity index (χ1n) is 14.7. The number of nitriles is 1. The van der Waals surface area contributed by atoms with Gasteiger partial charge >= 0.3 is 6.18 Å². The highest BCUT2D eigenvalue weighted by molar-refractivity contribution is 5.86. The van der Waals surface area contributed by atoms with E-state index in [9.17, 15) is 23.2 Å². The van der Waals surface area contributed by atoms with Crippen LogP contribution in [-0.2, 0) is 35.6 Å². The summed E-state index contributed by atoms with van der Waals surface area (Å²) in [7, 11) is 0. The molecule has 6 rings (SSSR count). The van der Waals surface area contributed by atoms with Crippen molar-refractivity contribution in [1.82, 2.24) is 29.7 Å². The molecule has 0 saturated carbocycles. The summed E-state index contributed by atoms with van der Waals surface area (Å²) in [5.74, 6) is 0.622. The normalized spacial score (nSPS) is 20.5. The molecule has 2 aromatic heterocycles. The number of likely N-dealkylation sites (tertiary alicyclic amines) is 1. The third-order valence-corrected chi connectivity index (χ3v) is 8.76. The molecular formula is C30H35F3N8O2. The van der Waals surface area contributed by atoms with Gasteiger partial charge in [0, 0.05) is 61.8 Å². The molecule has 3 aliphatic heterocycles. The fourth-order valence-electron chi connectivity index (χ4n) is 6.43. The monoisotopic (exact) mass is 596 g/mol. The molecule has 3 aromatic rings. The molecule has 5 heterocycles. The second-order valence-corrected chi connectivity index (χ2v) is 11.7. The van der Waals surface area contributed by atoms with Gasteiger partial charge < -0.3 is 19.9 Å². The van der Waals surface area contributed by atoms with E-state index in [1.54, 1.807) is 0 Å². The number of carbonyl (C=O) groups excluding carboxylic acids is 1. The number of alkyl halides is 3. The molecular weight excluding hydrogens is 561 g/mol. The Labute approximate surface area is 247 Å². The van der Waals surface area contributed by atoms with Crippen molar-refractivity contribution in [3.05, 3.63) is 52.6 Å². The predicted molar refractivity (Wildman–Crippen MR) is 153 cm³/mol. The molecule has 2 N–H and O–H groups in total. The highest BCUT2D eigenvalue weighted by Gasteiger charge is 2.33. The minimum absolute atomic E-state index is 0.0342. The van der Waals surface area contributed by atoms with Crippen molar-refractivity contribution in [2.75, 3.05) is 44.6 Å². The van der Waals surface area contributed by atoms with Gasteiger partial charge in [0.05, 0.1) is 24.9 Å². The summed E-state index contributed by atoms with van der Waals surface area (Å²) in [4.78, 5) is 24.0. The maximum absolute atomic E-state index is 12.9. The lowest BCUT2D eigenvalue weighted by Crippen LogP contribution is -2.44. The van der Waals surface area contributed by atoms with Gasteiger partial charge in [-0.05, 0) is 49.4 Å². The molecule has 2 fully saturated rings. The summed E-state index contributed by atoms with van der Waals surface area (Å²) in [6.45, 7) is 5.24. The Morgan fingerprint density at radius 1 is 1.19 bits per heavy atom. The molecule has 10 nitrogen and oxygen atoms in total. The first kappa shape index (κ1) is 29.3. The molecule has 1 unspecified atom stereocenters. The lowest BCUT2D eigenvalue weighted by atomic mass is 10.00. The van der Waals surface area contributed by atoms with Gasteiger partial charge in [-0.1, -0.05) is 6.07 Å². The minimum atomic E-state index is -4.22. The number of benzene rings is 1. The fourth-order valence-corrected chi connectivity index (χ4v) is 6.43. The topological polar surface area (TPSA) is 111 Å². The van der Waals surface area contributed by atoms with Gasteiger partial charge in [-0.15, -0.1) is 0 Å². The maximum Gasteiger partial charge on any atom is 0.401 e. The number of hydrogen-bond donors (Lipinski definition) is 2. The molecule has 0 spiro atoms. The van der Waals surface area contributed by atoms with Crippen LogP contribution in [0.1, 0.15) is 40.9 Å². The van der Waals surface area contributed by atoms with Crippen molar-refractivity contribution in [2.24, 2.45) is 0 Å². The standard InChI is InChI=1S/C30H35F3N8O2/c1-19-20(2-3-27-25(19)10-22(11-34)41(27)14-23-12-35-28(42)16-43-23)13-39-7-4-21(5-8-39)38-29-24-6-9-40(17-30(31,32)33)15-26(24)36-18-37-29/h2-3,10,18,21,23H,4-9,12-17H2,1H3,(H,35,42)(H,36,37,38). The van der Waals surface area contributed by atoms with E-state index in [0.29, 0.717) is 37.4 Å². The number of fused-ring (bicyclic) bond motifs is 2. The van der Waals surface area contributed by atoms with Crippen molar-refractivity contribution in [3.8, 4) is 6.07 Å². The van der Waals surface area contributed by atoms with Crippen LogP contribution in [0.3, 0.4) is 0 Å². The van der Waals surface area contributed by atoms with Gasteiger partial charge in [0.15, 0.2) is 0 Å². The molecule has 1 atom stereocenters. The van der Waals surface area contributed by atoms with Gasteiger partial charge in [0.25, 0.3) is 0 Å². The largest absolute Gasteiger partial charge is 0.401 e. The summed E-state index contributed by atoms with van der Waals surface area (Å²) in [6, 6.07) is 8.69. The van der Waals surface area contributed by atoms with E-state index in [4.69, 9.17) is 4.74 Å². The second-order valence-electron chi connectivity index (χ2n) is 11.7.